The molecule has 0 unspecified atom stereocenters. The lowest BCUT2D eigenvalue weighted by Crippen LogP contribution is -2.43. The average molecular weight is 278 g/mol. The van der Waals surface area contributed by atoms with Gasteiger partial charge >= 0.3 is 6.09 Å². The van der Waals surface area contributed by atoms with Crippen LogP contribution in [0.2, 0.25) is 0 Å². The fourth-order valence-corrected chi connectivity index (χ4v) is 1.36. The van der Waals surface area contributed by atoms with Gasteiger partial charge in [-0.05, 0) is 39.3 Å². The highest BCUT2D eigenvalue weighted by Crippen LogP contribution is 2.12. The number of aromatic nitrogens is 1. The molecule has 1 heterocycles. The molecule has 0 radical (unpaired) electrons. The van der Waals surface area contributed by atoms with E-state index in [0.717, 1.165) is 5.56 Å². The molecule has 0 spiro atoms. The van der Waals surface area contributed by atoms with Gasteiger partial charge in [0.15, 0.2) is 5.78 Å². The Kier molecular flexibility index (Phi) is 5.25. The number of hydrogen-bond donors (Lipinski definition) is 0. The maximum Gasteiger partial charge on any atom is 0.409 e. The van der Waals surface area contributed by atoms with Crippen LogP contribution in [0.1, 0.15) is 43.2 Å². The second kappa shape index (κ2) is 6.50. The molecule has 1 aromatic rings. The summed E-state index contributed by atoms with van der Waals surface area (Å²) in [4.78, 5) is 29.1. The normalized spacial score (nSPS) is 11.1. The summed E-state index contributed by atoms with van der Waals surface area (Å²) >= 11 is 0. The van der Waals surface area contributed by atoms with Gasteiger partial charge in [0, 0.05) is 25.2 Å². The van der Waals surface area contributed by atoms with Crippen molar-refractivity contribution in [1.82, 2.24) is 9.88 Å². The van der Waals surface area contributed by atoms with E-state index in [0.29, 0.717) is 5.69 Å². The van der Waals surface area contributed by atoms with Gasteiger partial charge in [-0.25, -0.2) is 4.79 Å². The van der Waals surface area contributed by atoms with Gasteiger partial charge in [-0.15, -0.1) is 0 Å². The molecule has 1 aromatic heterocycles. The Morgan fingerprint density at radius 3 is 2.45 bits per heavy atom. The summed E-state index contributed by atoms with van der Waals surface area (Å²) < 4.78 is 5.08. The van der Waals surface area contributed by atoms with Gasteiger partial charge in [0.05, 0.1) is 0 Å². The van der Waals surface area contributed by atoms with Crippen LogP contribution in [0.5, 0.6) is 0 Å². The number of carbonyl (C=O) groups is 2. The SMILES string of the molecule is Cc1ccc(C(=O)CCOC(=O)N(C)C(C)(C)C)nc1. The number of carbonyl (C=O) groups excluding carboxylic acids is 2. The zero-order chi connectivity index (χ0) is 15.3. The summed E-state index contributed by atoms with van der Waals surface area (Å²) in [5, 5.41) is 0. The van der Waals surface area contributed by atoms with Crippen molar-refractivity contribution in [3.8, 4) is 0 Å². The Balaban J connectivity index is 2.43. The molecule has 0 saturated heterocycles. The van der Waals surface area contributed by atoms with Gasteiger partial charge in [0.1, 0.15) is 12.3 Å². The molecule has 0 aromatic carbocycles. The smallest absolute Gasteiger partial charge is 0.409 e. The molecular formula is C15H22N2O3. The highest BCUT2D eigenvalue weighted by atomic mass is 16.6. The molecule has 1 amide bonds. The summed E-state index contributed by atoms with van der Waals surface area (Å²) in [7, 11) is 1.67. The van der Waals surface area contributed by atoms with Crippen LogP contribution in [0.15, 0.2) is 18.3 Å². The van der Waals surface area contributed by atoms with Gasteiger partial charge < -0.3 is 9.64 Å². The minimum atomic E-state index is -0.429. The highest BCUT2D eigenvalue weighted by Gasteiger charge is 2.23. The second-order valence-corrected chi connectivity index (χ2v) is 5.74. The topological polar surface area (TPSA) is 59.5 Å². The summed E-state index contributed by atoms with van der Waals surface area (Å²) in [6, 6.07) is 3.51. The number of aryl methyl sites for hydroxylation is 1. The number of amides is 1. The first-order valence-corrected chi connectivity index (χ1v) is 6.58. The van der Waals surface area contributed by atoms with Crippen molar-refractivity contribution in [1.29, 1.82) is 0 Å². The molecule has 0 aliphatic heterocycles. The molecule has 0 saturated carbocycles. The zero-order valence-electron chi connectivity index (χ0n) is 12.8. The first-order valence-electron chi connectivity index (χ1n) is 6.58. The van der Waals surface area contributed by atoms with E-state index in [9.17, 15) is 9.59 Å². The molecule has 0 bridgehead atoms. The molecule has 110 valence electrons. The third kappa shape index (κ3) is 4.64. The number of ether oxygens (including phenoxy) is 1. The fraction of sp³-hybridized carbons (Fsp3) is 0.533. The van der Waals surface area contributed by atoms with E-state index in [1.807, 2.05) is 33.8 Å². The van der Waals surface area contributed by atoms with Crippen LogP contribution in [-0.4, -0.2) is 41.0 Å². The maximum atomic E-state index is 11.8. The van der Waals surface area contributed by atoms with Crippen LogP contribution in [0.3, 0.4) is 0 Å². The Labute approximate surface area is 119 Å². The van der Waals surface area contributed by atoms with Crippen molar-refractivity contribution in [2.24, 2.45) is 0 Å². The molecular weight excluding hydrogens is 256 g/mol. The summed E-state index contributed by atoms with van der Waals surface area (Å²) in [6.45, 7) is 7.71. The number of nitrogens with zero attached hydrogens (tertiary/aromatic N) is 2. The molecule has 0 N–H and O–H groups in total. The molecule has 0 aliphatic rings. The third-order valence-corrected chi connectivity index (χ3v) is 3.03. The molecule has 0 atom stereocenters. The van der Waals surface area contributed by atoms with E-state index in [-0.39, 0.29) is 24.3 Å². The third-order valence-electron chi connectivity index (χ3n) is 3.03. The fourth-order valence-electron chi connectivity index (χ4n) is 1.36. The Bertz CT molecular complexity index is 475. The van der Waals surface area contributed by atoms with Crippen LogP contribution in [0, 0.1) is 6.92 Å². The molecule has 1 rings (SSSR count). The van der Waals surface area contributed by atoms with Crippen LogP contribution in [-0.2, 0) is 4.74 Å². The number of Topliss-reactive ketones (excluding diaryl/α,β-unsaturated/α-hetero) is 1. The number of pyridine rings is 1. The highest BCUT2D eigenvalue weighted by molar-refractivity contribution is 5.94. The van der Waals surface area contributed by atoms with Crippen LogP contribution in [0.25, 0.3) is 0 Å². The average Bonchev–Trinajstić information content (AvgIpc) is 2.37. The minimum absolute atomic E-state index is 0.0631. The zero-order valence-corrected chi connectivity index (χ0v) is 12.8. The van der Waals surface area contributed by atoms with Crippen molar-refractivity contribution >= 4 is 11.9 Å². The maximum absolute atomic E-state index is 11.8. The summed E-state index contributed by atoms with van der Waals surface area (Å²) in [5.41, 5.74) is 1.09. The minimum Gasteiger partial charge on any atom is -0.449 e. The number of hydrogen-bond acceptors (Lipinski definition) is 4. The molecule has 0 aliphatic carbocycles. The number of ketones is 1. The predicted octanol–water partition coefficient (Wildman–Crippen LogP) is 2.83. The van der Waals surface area contributed by atoms with Gasteiger partial charge in [-0.3, -0.25) is 9.78 Å². The van der Waals surface area contributed by atoms with Crippen molar-refractivity contribution in [2.45, 2.75) is 39.7 Å². The summed E-state index contributed by atoms with van der Waals surface area (Å²) in [6.07, 6.45) is 1.36. The lowest BCUT2D eigenvalue weighted by molar-refractivity contribution is 0.0751. The quantitative estimate of drug-likeness (QED) is 0.795. The lowest BCUT2D eigenvalue weighted by Gasteiger charge is -2.30. The van der Waals surface area contributed by atoms with Crippen molar-refractivity contribution in [3.63, 3.8) is 0 Å². The predicted molar refractivity (Wildman–Crippen MR) is 76.8 cm³/mol. The second-order valence-electron chi connectivity index (χ2n) is 5.74. The van der Waals surface area contributed by atoms with Gasteiger partial charge in [-0.2, -0.15) is 0 Å². The Morgan fingerprint density at radius 1 is 1.30 bits per heavy atom. The van der Waals surface area contributed by atoms with Crippen LogP contribution in [0.4, 0.5) is 4.79 Å². The van der Waals surface area contributed by atoms with Crippen molar-refractivity contribution in [3.05, 3.63) is 29.6 Å². The molecule has 5 heteroatoms. The van der Waals surface area contributed by atoms with E-state index in [4.69, 9.17) is 4.74 Å². The van der Waals surface area contributed by atoms with E-state index in [1.165, 1.54) is 4.90 Å². The van der Waals surface area contributed by atoms with E-state index in [1.54, 1.807) is 19.3 Å². The van der Waals surface area contributed by atoms with Gasteiger partial charge in [-0.1, -0.05) is 6.07 Å². The van der Waals surface area contributed by atoms with Crippen LogP contribution < -0.4 is 0 Å². The first-order chi connectivity index (χ1) is 9.21. The summed E-state index contributed by atoms with van der Waals surface area (Å²) in [5.74, 6) is -0.129. The Hall–Kier alpha value is -1.91. The molecule has 0 fully saturated rings. The largest absolute Gasteiger partial charge is 0.449 e. The van der Waals surface area contributed by atoms with Gasteiger partial charge in [0.2, 0.25) is 0 Å². The monoisotopic (exact) mass is 278 g/mol. The van der Waals surface area contributed by atoms with E-state index < -0.39 is 6.09 Å². The molecule has 5 nitrogen and oxygen atoms in total. The van der Waals surface area contributed by atoms with E-state index in [2.05, 4.69) is 4.98 Å². The van der Waals surface area contributed by atoms with E-state index >= 15 is 0 Å². The molecule has 20 heavy (non-hydrogen) atoms. The van der Waals surface area contributed by atoms with Crippen molar-refractivity contribution in [2.75, 3.05) is 13.7 Å². The lowest BCUT2D eigenvalue weighted by atomic mass is 10.1. The Morgan fingerprint density at radius 2 is 1.95 bits per heavy atom. The first kappa shape index (κ1) is 16.1. The van der Waals surface area contributed by atoms with Crippen LogP contribution >= 0.6 is 0 Å². The number of rotatable bonds is 4. The van der Waals surface area contributed by atoms with Gasteiger partial charge in [0.25, 0.3) is 0 Å². The van der Waals surface area contributed by atoms with Crippen molar-refractivity contribution < 1.29 is 14.3 Å². The standard InChI is InChI=1S/C15H22N2O3/c1-11-6-7-12(16-10-11)13(18)8-9-20-14(19)17(5)15(2,3)4/h6-7,10H,8-9H2,1-5H3.